The second-order valence-electron chi connectivity index (χ2n) is 4.67. The van der Waals surface area contributed by atoms with Crippen molar-refractivity contribution in [1.82, 2.24) is 4.90 Å². The van der Waals surface area contributed by atoms with Gasteiger partial charge in [-0.25, -0.2) is 4.39 Å². The first-order valence-corrected chi connectivity index (χ1v) is 6.85. The number of hydrogen-bond acceptors (Lipinski definition) is 5. The Morgan fingerprint density at radius 1 is 1.24 bits per heavy atom. The van der Waals surface area contributed by atoms with Crippen molar-refractivity contribution in [1.29, 1.82) is 0 Å². The fourth-order valence-electron chi connectivity index (χ4n) is 1.94. The van der Waals surface area contributed by atoms with Gasteiger partial charge in [-0.15, -0.1) is 0 Å². The number of anilines is 2. The predicted octanol–water partition coefficient (Wildman–Crippen LogP) is 0.413. The summed E-state index contributed by atoms with van der Waals surface area (Å²) in [5.41, 5.74) is 6.19. The van der Waals surface area contributed by atoms with Gasteiger partial charge in [0.1, 0.15) is 5.82 Å². The van der Waals surface area contributed by atoms with Crippen molar-refractivity contribution in [3.63, 3.8) is 0 Å². The zero-order valence-electron chi connectivity index (χ0n) is 11.9. The van der Waals surface area contributed by atoms with Crippen LogP contribution in [0.1, 0.15) is 12.8 Å². The SMILES string of the molecule is Nc1cc(F)ccc1NC(=O)CCCN(CCO)CCO. The van der Waals surface area contributed by atoms with Crippen LogP contribution in [-0.4, -0.2) is 53.9 Å². The highest BCUT2D eigenvalue weighted by molar-refractivity contribution is 5.93. The number of nitrogens with two attached hydrogens (primary N) is 1. The van der Waals surface area contributed by atoms with Crippen molar-refractivity contribution in [2.75, 3.05) is 43.9 Å². The number of benzene rings is 1. The van der Waals surface area contributed by atoms with Crippen LogP contribution < -0.4 is 11.1 Å². The summed E-state index contributed by atoms with van der Waals surface area (Å²) >= 11 is 0. The van der Waals surface area contributed by atoms with E-state index < -0.39 is 5.82 Å². The summed E-state index contributed by atoms with van der Waals surface area (Å²) in [6.07, 6.45) is 0.872. The van der Waals surface area contributed by atoms with E-state index in [0.29, 0.717) is 31.7 Å². The standard InChI is InChI=1S/C14H22FN3O3/c15-11-3-4-13(12(16)10-11)17-14(21)2-1-5-18(6-8-19)7-9-20/h3-4,10,19-20H,1-2,5-9,16H2,(H,17,21). The van der Waals surface area contributed by atoms with Crippen molar-refractivity contribution < 1.29 is 19.4 Å². The molecule has 1 rings (SSSR count). The lowest BCUT2D eigenvalue weighted by molar-refractivity contribution is -0.116. The van der Waals surface area contributed by atoms with Gasteiger partial charge in [0.05, 0.1) is 24.6 Å². The molecule has 7 heteroatoms. The fraction of sp³-hybridized carbons (Fsp3) is 0.500. The van der Waals surface area contributed by atoms with Crippen LogP contribution >= 0.6 is 0 Å². The third-order valence-corrected chi connectivity index (χ3v) is 3.00. The number of carbonyl (C=O) groups is 1. The van der Waals surface area contributed by atoms with Gasteiger partial charge in [0.25, 0.3) is 0 Å². The summed E-state index contributed by atoms with van der Waals surface area (Å²) < 4.78 is 12.9. The average molecular weight is 299 g/mol. The number of halogens is 1. The van der Waals surface area contributed by atoms with E-state index in [0.717, 1.165) is 6.07 Å². The summed E-state index contributed by atoms with van der Waals surface area (Å²) in [4.78, 5) is 13.6. The van der Waals surface area contributed by atoms with Gasteiger partial charge in [0, 0.05) is 19.5 Å². The van der Waals surface area contributed by atoms with Crippen LogP contribution in [0.25, 0.3) is 0 Å². The number of nitrogen functional groups attached to an aromatic ring is 1. The number of aliphatic hydroxyl groups is 2. The Morgan fingerprint density at radius 2 is 1.90 bits per heavy atom. The highest BCUT2D eigenvalue weighted by atomic mass is 19.1. The normalized spacial score (nSPS) is 10.9. The van der Waals surface area contributed by atoms with E-state index in [1.165, 1.54) is 12.1 Å². The summed E-state index contributed by atoms with van der Waals surface area (Å²) in [7, 11) is 0. The lowest BCUT2D eigenvalue weighted by Crippen LogP contribution is -2.31. The zero-order chi connectivity index (χ0) is 15.7. The van der Waals surface area contributed by atoms with Gasteiger partial charge in [-0.1, -0.05) is 0 Å². The maximum absolute atomic E-state index is 12.9. The molecule has 0 aliphatic heterocycles. The quantitative estimate of drug-likeness (QED) is 0.495. The molecule has 6 nitrogen and oxygen atoms in total. The van der Waals surface area contributed by atoms with Crippen molar-refractivity contribution in [2.24, 2.45) is 0 Å². The van der Waals surface area contributed by atoms with Gasteiger partial charge in [0.2, 0.25) is 5.91 Å². The molecule has 118 valence electrons. The zero-order valence-corrected chi connectivity index (χ0v) is 11.9. The van der Waals surface area contributed by atoms with Gasteiger partial charge in [-0.3, -0.25) is 9.69 Å². The molecule has 0 bridgehead atoms. The van der Waals surface area contributed by atoms with Crippen LogP contribution in [-0.2, 0) is 4.79 Å². The molecule has 0 unspecified atom stereocenters. The first-order chi connectivity index (χ1) is 10.1. The minimum absolute atomic E-state index is 0.0122. The summed E-state index contributed by atoms with van der Waals surface area (Å²) in [6.45, 7) is 1.56. The predicted molar refractivity (Wildman–Crippen MR) is 79.3 cm³/mol. The molecule has 0 saturated heterocycles. The van der Waals surface area contributed by atoms with Gasteiger partial charge in [-0.05, 0) is 31.2 Å². The Labute approximate surface area is 123 Å². The molecule has 5 N–H and O–H groups in total. The lowest BCUT2D eigenvalue weighted by Gasteiger charge is -2.19. The molecule has 0 radical (unpaired) electrons. The van der Waals surface area contributed by atoms with Gasteiger partial charge in [-0.2, -0.15) is 0 Å². The molecule has 0 aliphatic rings. The van der Waals surface area contributed by atoms with Gasteiger partial charge >= 0.3 is 0 Å². The molecular weight excluding hydrogens is 277 g/mol. The Morgan fingerprint density at radius 3 is 2.48 bits per heavy atom. The molecule has 0 atom stereocenters. The molecule has 0 aliphatic carbocycles. The Bertz CT molecular complexity index is 451. The monoisotopic (exact) mass is 299 g/mol. The fourth-order valence-corrected chi connectivity index (χ4v) is 1.94. The number of hydrogen-bond donors (Lipinski definition) is 4. The first-order valence-electron chi connectivity index (χ1n) is 6.85. The van der Waals surface area contributed by atoms with Crippen molar-refractivity contribution >= 4 is 17.3 Å². The maximum Gasteiger partial charge on any atom is 0.224 e. The number of carbonyl (C=O) groups excluding carboxylic acids is 1. The van der Waals surface area contributed by atoms with Crippen molar-refractivity contribution in [3.05, 3.63) is 24.0 Å². The molecular formula is C14H22FN3O3. The van der Waals surface area contributed by atoms with E-state index in [2.05, 4.69) is 5.32 Å². The van der Waals surface area contributed by atoms with Crippen LogP contribution in [0.4, 0.5) is 15.8 Å². The lowest BCUT2D eigenvalue weighted by atomic mass is 10.2. The molecule has 1 amide bonds. The van der Waals surface area contributed by atoms with Crippen molar-refractivity contribution in [3.8, 4) is 0 Å². The molecule has 1 aromatic rings. The van der Waals surface area contributed by atoms with Crippen LogP contribution in [0.3, 0.4) is 0 Å². The minimum Gasteiger partial charge on any atom is -0.397 e. The Kier molecular flexibility index (Phi) is 7.66. The largest absolute Gasteiger partial charge is 0.397 e. The molecule has 0 saturated carbocycles. The van der Waals surface area contributed by atoms with E-state index in [1.807, 2.05) is 4.90 Å². The number of nitrogens with zero attached hydrogens (tertiary/aromatic N) is 1. The van der Waals surface area contributed by atoms with E-state index in [9.17, 15) is 9.18 Å². The van der Waals surface area contributed by atoms with Crippen LogP contribution in [0.5, 0.6) is 0 Å². The van der Waals surface area contributed by atoms with E-state index in [-0.39, 0.29) is 31.2 Å². The molecule has 21 heavy (non-hydrogen) atoms. The number of rotatable bonds is 9. The molecule has 0 aromatic heterocycles. The molecule has 1 aromatic carbocycles. The molecule has 0 heterocycles. The third kappa shape index (κ3) is 6.52. The smallest absolute Gasteiger partial charge is 0.224 e. The van der Waals surface area contributed by atoms with Crippen LogP contribution in [0.2, 0.25) is 0 Å². The van der Waals surface area contributed by atoms with Gasteiger partial charge in [0.15, 0.2) is 0 Å². The second kappa shape index (κ2) is 9.28. The minimum atomic E-state index is -0.450. The van der Waals surface area contributed by atoms with Crippen LogP contribution in [0, 0.1) is 5.82 Å². The van der Waals surface area contributed by atoms with E-state index >= 15 is 0 Å². The average Bonchev–Trinajstić information content (AvgIpc) is 2.42. The highest BCUT2D eigenvalue weighted by Crippen LogP contribution is 2.19. The van der Waals surface area contributed by atoms with Crippen LogP contribution in [0.15, 0.2) is 18.2 Å². The second-order valence-corrected chi connectivity index (χ2v) is 4.67. The van der Waals surface area contributed by atoms with E-state index in [4.69, 9.17) is 15.9 Å². The summed E-state index contributed by atoms with van der Waals surface area (Å²) in [5.74, 6) is -0.657. The number of amides is 1. The summed E-state index contributed by atoms with van der Waals surface area (Å²) in [6, 6.07) is 3.81. The first kappa shape index (κ1) is 17.4. The molecule has 0 fully saturated rings. The highest BCUT2D eigenvalue weighted by Gasteiger charge is 2.08. The maximum atomic E-state index is 12.9. The Balaban J connectivity index is 2.36. The number of nitrogens with one attached hydrogen (secondary N) is 1. The Hall–Kier alpha value is -1.70. The molecule has 0 spiro atoms. The number of aliphatic hydroxyl groups excluding tert-OH is 2. The summed E-state index contributed by atoms with van der Waals surface area (Å²) in [5, 5.41) is 20.4. The van der Waals surface area contributed by atoms with Crippen molar-refractivity contribution in [2.45, 2.75) is 12.8 Å². The van der Waals surface area contributed by atoms with E-state index in [1.54, 1.807) is 0 Å². The topological polar surface area (TPSA) is 98.8 Å². The third-order valence-electron chi connectivity index (χ3n) is 3.00. The van der Waals surface area contributed by atoms with Gasteiger partial charge < -0.3 is 21.3 Å².